The van der Waals surface area contributed by atoms with E-state index in [4.69, 9.17) is 0 Å². The molecular weight excluding hydrogens is 452 g/mol. The lowest BCUT2D eigenvalue weighted by atomic mass is 10.0. The molecule has 36 heavy (non-hydrogen) atoms. The van der Waals surface area contributed by atoms with Crippen LogP contribution in [0.4, 0.5) is 5.82 Å². The van der Waals surface area contributed by atoms with Crippen molar-refractivity contribution < 1.29 is 4.79 Å². The van der Waals surface area contributed by atoms with E-state index in [1.54, 1.807) is 12.4 Å². The fourth-order valence-corrected chi connectivity index (χ4v) is 4.68. The maximum absolute atomic E-state index is 13.6. The lowest BCUT2D eigenvalue weighted by molar-refractivity contribution is 0.102. The van der Waals surface area contributed by atoms with Crippen LogP contribution in [0, 0.1) is 6.92 Å². The second-order valence-electron chi connectivity index (χ2n) is 9.49. The molecule has 0 aliphatic heterocycles. The SMILES string of the molecule is Cc1c(C(=O)Nc2cccc(-c3nncn3C(C)C)n2)c2cccc(-c3ccnn3C(C)C)c2n1C. The molecule has 9 heteroatoms. The molecule has 0 atom stereocenters. The van der Waals surface area contributed by atoms with Gasteiger partial charge >= 0.3 is 0 Å². The number of carbonyl (C=O) groups is 1. The highest BCUT2D eigenvalue weighted by Crippen LogP contribution is 2.34. The number of amides is 1. The van der Waals surface area contributed by atoms with Crippen LogP contribution in [0.3, 0.4) is 0 Å². The molecule has 1 N–H and O–H groups in total. The maximum Gasteiger partial charge on any atom is 0.259 e. The Balaban J connectivity index is 1.54. The van der Waals surface area contributed by atoms with Crippen molar-refractivity contribution in [3.05, 3.63) is 66.2 Å². The summed E-state index contributed by atoms with van der Waals surface area (Å²) in [6.07, 6.45) is 3.51. The number of hydrogen-bond acceptors (Lipinski definition) is 5. The molecule has 0 spiro atoms. The number of fused-ring (bicyclic) bond motifs is 1. The summed E-state index contributed by atoms with van der Waals surface area (Å²) in [6, 6.07) is 14.0. The van der Waals surface area contributed by atoms with Crippen LogP contribution < -0.4 is 5.32 Å². The maximum atomic E-state index is 13.6. The normalized spacial score (nSPS) is 11.7. The van der Waals surface area contributed by atoms with Crippen molar-refractivity contribution in [2.45, 2.75) is 46.7 Å². The standard InChI is InChI=1S/C27H30N8O/c1-16(2)34-15-28-32-26(34)21-11-8-12-23(30-21)31-27(36)24-18(5)33(6)25-19(9-7-10-20(24)25)22-13-14-29-35(22)17(3)4/h7-17H,1-6H3,(H,30,31,36). The van der Waals surface area contributed by atoms with Gasteiger partial charge in [0, 0.05) is 42.0 Å². The van der Waals surface area contributed by atoms with Crippen LogP contribution in [0.25, 0.3) is 33.7 Å². The Hall–Kier alpha value is -4.27. The predicted molar refractivity (Wildman–Crippen MR) is 141 cm³/mol. The van der Waals surface area contributed by atoms with Crippen molar-refractivity contribution >= 4 is 22.6 Å². The zero-order valence-corrected chi connectivity index (χ0v) is 21.4. The van der Waals surface area contributed by atoms with Crippen LogP contribution >= 0.6 is 0 Å². The largest absolute Gasteiger partial charge is 0.347 e. The van der Waals surface area contributed by atoms with Gasteiger partial charge in [0.05, 0.1) is 16.8 Å². The number of nitrogens with one attached hydrogen (secondary N) is 1. The molecule has 0 fully saturated rings. The first kappa shape index (κ1) is 23.5. The minimum atomic E-state index is -0.206. The average Bonchev–Trinajstić information content (AvgIpc) is 3.58. The van der Waals surface area contributed by atoms with Crippen molar-refractivity contribution in [1.29, 1.82) is 0 Å². The molecule has 0 aliphatic rings. The zero-order valence-electron chi connectivity index (χ0n) is 21.4. The quantitative estimate of drug-likeness (QED) is 0.349. The van der Waals surface area contributed by atoms with Crippen LogP contribution in [0.5, 0.6) is 0 Å². The number of aromatic nitrogens is 7. The van der Waals surface area contributed by atoms with Gasteiger partial charge in [-0.1, -0.05) is 24.3 Å². The number of anilines is 1. The molecule has 0 saturated carbocycles. The fraction of sp³-hybridized carbons (Fsp3) is 0.296. The van der Waals surface area contributed by atoms with Gasteiger partial charge in [0.1, 0.15) is 17.8 Å². The van der Waals surface area contributed by atoms with E-state index in [-0.39, 0.29) is 18.0 Å². The number of hydrogen-bond donors (Lipinski definition) is 1. The number of para-hydroxylation sites is 1. The third kappa shape index (κ3) is 3.86. The average molecular weight is 483 g/mol. The minimum absolute atomic E-state index is 0.189. The van der Waals surface area contributed by atoms with Crippen LogP contribution in [0.15, 0.2) is 55.0 Å². The first-order chi connectivity index (χ1) is 17.3. The lowest BCUT2D eigenvalue weighted by Gasteiger charge is -2.13. The van der Waals surface area contributed by atoms with Gasteiger partial charge in [0.2, 0.25) is 0 Å². The summed E-state index contributed by atoms with van der Waals surface area (Å²) in [5.41, 5.74) is 5.21. The van der Waals surface area contributed by atoms with E-state index in [0.717, 1.165) is 27.9 Å². The Morgan fingerprint density at radius 3 is 2.53 bits per heavy atom. The first-order valence-corrected chi connectivity index (χ1v) is 12.1. The number of aryl methyl sites for hydroxylation is 1. The number of carbonyl (C=O) groups excluding carboxylic acids is 1. The topological polar surface area (TPSA) is 95.5 Å². The van der Waals surface area contributed by atoms with Crippen LogP contribution in [0.2, 0.25) is 0 Å². The second-order valence-corrected chi connectivity index (χ2v) is 9.49. The molecule has 5 rings (SSSR count). The van der Waals surface area contributed by atoms with Gasteiger partial charge in [-0.25, -0.2) is 4.98 Å². The van der Waals surface area contributed by atoms with Crippen molar-refractivity contribution in [3.63, 3.8) is 0 Å². The zero-order chi connectivity index (χ0) is 25.6. The fourth-order valence-electron chi connectivity index (χ4n) is 4.68. The van der Waals surface area contributed by atoms with E-state index < -0.39 is 0 Å². The van der Waals surface area contributed by atoms with E-state index in [9.17, 15) is 4.79 Å². The number of nitrogens with zero attached hydrogens (tertiary/aromatic N) is 7. The Morgan fingerprint density at radius 2 is 1.78 bits per heavy atom. The number of rotatable bonds is 6. The summed E-state index contributed by atoms with van der Waals surface area (Å²) in [7, 11) is 1.99. The second kappa shape index (κ2) is 9.07. The summed E-state index contributed by atoms with van der Waals surface area (Å²) < 4.78 is 6.03. The highest BCUT2D eigenvalue weighted by atomic mass is 16.1. The van der Waals surface area contributed by atoms with Gasteiger partial charge in [0.15, 0.2) is 5.82 Å². The van der Waals surface area contributed by atoms with Crippen LogP contribution in [-0.2, 0) is 7.05 Å². The molecular formula is C27H30N8O. The van der Waals surface area contributed by atoms with Crippen molar-refractivity contribution in [3.8, 4) is 22.8 Å². The van der Waals surface area contributed by atoms with Gasteiger partial charge in [-0.3, -0.25) is 9.48 Å². The van der Waals surface area contributed by atoms with Gasteiger partial charge in [0.25, 0.3) is 5.91 Å². The summed E-state index contributed by atoms with van der Waals surface area (Å²) in [5.74, 6) is 0.915. The van der Waals surface area contributed by atoms with E-state index in [1.807, 2.05) is 59.7 Å². The molecule has 9 nitrogen and oxygen atoms in total. The molecule has 0 bridgehead atoms. The van der Waals surface area contributed by atoms with Crippen molar-refractivity contribution in [1.82, 2.24) is 34.1 Å². The first-order valence-electron chi connectivity index (χ1n) is 12.1. The Morgan fingerprint density at radius 1 is 1.00 bits per heavy atom. The number of pyridine rings is 1. The monoisotopic (exact) mass is 482 g/mol. The highest BCUT2D eigenvalue weighted by Gasteiger charge is 2.23. The smallest absolute Gasteiger partial charge is 0.259 e. The summed E-state index contributed by atoms with van der Waals surface area (Å²) in [5, 5.41) is 16.6. The number of benzene rings is 1. The van der Waals surface area contributed by atoms with E-state index in [0.29, 0.717) is 22.9 Å². The predicted octanol–water partition coefficient (Wildman–Crippen LogP) is 5.42. The third-order valence-electron chi connectivity index (χ3n) is 6.52. The lowest BCUT2D eigenvalue weighted by Crippen LogP contribution is -2.14. The molecule has 0 saturated heterocycles. The Bertz CT molecular complexity index is 1570. The molecule has 0 aliphatic carbocycles. The Labute approximate surface area is 209 Å². The summed E-state index contributed by atoms with van der Waals surface area (Å²) in [6.45, 7) is 10.3. The minimum Gasteiger partial charge on any atom is -0.347 e. The van der Waals surface area contributed by atoms with E-state index in [1.165, 1.54) is 0 Å². The molecule has 1 aromatic carbocycles. The molecule has 4 heterocycles. The molecule has 0 radical (unpaired) electrons. The van der Waals surface area contributed by atoms with Crippen LogP contribution in [0.1, 0.15) is 55.8 Å². The summed E-state index contributed by atoms with van der Waals surface area (Å²) >= 11 is 0. The van der Waals surface area contributed by atoms with E-state index >= 15 is 0 Å². The van der Waals surface area contributed by atoms with Gasteiger partial charge in [-0.15, -0.1) is 10.2 Å². The molecule has 5 aromatic rings. The van der Waals surface area contributed by atoms with E-state index in [2.05, 4.69) is 63.9 Å². The molecule has 1 amide bonds. The van der Waals surface area contributed by atoms with Crippen LogP contribution in [-0.4, -0.2) is 40.0 Å². The van der Waals surface area contributed by atoms with Crippen molar-refractivity contribution in [2.75, 3.05) is 5.32 Å². The van der Waals surface area contributed by atoms with Gasteiger partial charge < -0.3 is 14.5 Å². The molecule has 184 valence electrons. The Kier molecular flexibility index (Phi) is 5.91. The van der Waals surface area contributed by atoms with Gasteiger partial charge in [-0.2, -0.15) is 5.10 Å². The molecule has 0 unspecified atom stereocenters. The third-order valence-corrected chi connectivity index (χ3v) is 6.52. The summed E-state index contributed by atoms with van der Waals surface area (Å²) in [4.78, 5) is 18.2. The molecule has 4 aromatic heterocycles. The highest BCUT2D eigenvalue weighted by molar-refractivity contribution is 6.15. The van der Waals surface area contributed by atoms with Crippen molar-refractivity contribution in [2.24, 2.45) is 7.05 Å². The van der Waals surface area contributed by atoms with Gasteiger partial charge in [-0.05, 0) is 52.8 Å².